The fraction of sp³-hybridized carbons (Fsp3) is 0.714. The monoisotopic (exact) mass is 268 g/mol. The first-order valence-corrected chi connectivity index (χ1v) is 7.66. The first-order valence-electron chi connectivity index (χ1n) is 6.78. The summed E-state index contributed by atoms with van der Waals surface area (Å²) in [4.78, 5) is 3.91. The van der Waals surface area contributed by atoms with Crippen LogP contribution >= 0.6 is 11.3 Å². The topological polar surface area (TPSA) is 49.5 Å². The second kappa shape index (κ2) is 6.15. The zero-order valence-corrected chi connectivity index (χ0v) is 12.1. The molecule has 1 aliphatic rings. The Hall–Kier alpha value is -0.420. The van der Waals surface area contributed by atoms with Crippen LogP contribution in [0.25, 0.3) is 0 Å². The normalized spacial score (nSPS) is 22.0. The van der Waals surface area contributed by atoms with Crippen molar-refractivity contribution in [2.75, 3.05) is 19.7 Å². The van der Waals surface area contributed by atoms with Gasteiger partial charge in [0.05, 0.1) is 6.04 Å². The number of aryl methyl sites for hydroxylation is 1. The highest BCUT2D eigenvalue weighted by molar-refractivity contribution is 7.10. The molecule has 2 heterocycles. The van der Waals surface area contributed by atoms with Gasteiger partial charge in [-0.3, -0.25) is 4.90 Å². The highest BCUT2D eigenvalue weighted by Gasteiger charge is 2.29. The van der Waals surface area contributed by atoms with Crippen LogP contribution in [0.1, 0.15) is 36.2 Å². The van der Waals surface area contributed by atoms with E-state index in [0.29, 0.717) is 18.6 Å². The van der Waals surface area contributed by atoms with E-state index in [2.05, 4.69) is 30.2 Å². The molecule has 102 valence electrons. The number of hydrogen-bond acceptors (Lipinski definition) is 4. The Balaban J connectivity index is 2.10. The molecule has 2 atom stereocenters. The third kappa shape index (κ3) is 2.94. The van der Waals surface area contributed by atoms with Crippen molar-refractivity contribution in [2.24, 2.45) is 11.7 Å². The molecule has 2 rings (SSSR count). The number of aliphatic hydroxyl groups excluding tert-OH is 1. The predicted molar refractivity (Wildman–Crippen MR) is 76.8 cm³/mol. The van der Waals surface area contributed by atoms with Crippen molar-refractivity contribution in [3.63, 3.8) is 0 Å². The number of nitrogens with zero attached hydrogens (tertiary/aromatic N) is 1. The number of nitrogens with two attached hydrogens (primary N) is 1. The van der Waals surface area contributed by atoms with Crippen LogP contribution in [-0.4, -0.2) is 35.7 Å². The minimum atomic E-state index is 0.146. The summed E-state index contributed by atoms with van der Waals surface area (Å²) in [7, 11) is 0. The van der Waals surface area contributed by atoms with Crippen LogP contribution in [0.3, 0.4) is 0 Å². The van der Waals surface area contributed by atoms with Crippen LogP contribution in [0.2, 0.25) is 0 Å². The summed E-state index contributed by atoms with van der Waals surface area (Å²) in [5.41, 5.74) is 7.56. The summed E-state index contributed by atoms with van der Waals surface area (Å²) >= 11 is 1.82. The molecule has 3 N–H and O–H groups in total. The Morgan fingerprint density at radius 3 is 2.61 bits per heavy atom. The molecule has 1 aromatic rings. The molecule has 1 aromatic heterocycles. The Morgan fingerprint density at radius 2 is 2.17 bits per heavy atom. The smallest absolute Gasteiger partial charge is 0.0593 e. The van der Waals surface area contributed by atoms with Gasteiger partial charge >= 0.3 is 0 Å². The van der Waals surface area contributed by atoms with Crippen LogP contribution < -0.4 is 5.73 Å². The van der Waals surface area contributed by atoms with Crippen LogP contribution in [-0.2, 0) is 0 Å². The van der Waals surface area contributed by atoms with Crippen LogP contribution in [0.5, 0.6) is 0 Å². The lowest BCUT2D eigenvalue weighted by Crippen LogP contribution is -2.44. The van der Waals surface area contributed by atoms with Gasteiger partial charge in [0, 0.05) is 17.5 Å². The summed E-state index contributed by atoms with van der Waals surface area (Å²) in [6, 6.07) is 2.66. The second-order valence-corrected chi connectivity index (χ2v) is 6.38. The molecule has 0 amide bonds. The van der Waals surface area contributed by atoms with Crippen molar-refractivity contribution >= 4 is 11.3 Å². The van der Waals surface area contributed by atoms with Crippen LogP contribution in [0.15, 0.2) is 11.4 Å². The summed E-state index contributed by atoms with van der Waals surface area (Å²) < 4.78 is 0. The summed E-state index contributed by atoms with van der Waals surface area (Å²) in [6.45, 7) is 6.70. The Bertz CT molecular complexity index is 370. The fourth-order valence-corrected chi connectivity index (χ4v) is 4.01. The minimum absolute atomic E-state index is 0.146. The van der Waals surface area contributed by atoms with Crippen molar-refractivity contribution in [1.82, 2.24) is 4.90 Å². The molecular formula is C14H24N2OS. The molecule has 0 aromatic carbocycles. The molecule has 1 fully saturated rings. The lowest BCUT2D eigenvalue weighted by atomic mass is 9.94. The molecule has 0 bridgehead atoms. The van der Waals surface area contributed by atoms with Crippen molar-refractivity contribution < 1.29 is 5.11 Å². The van der Waals surface area contributed by atoms with Gasteiger partial charge in [0.2, 0.25) is 0 Å². The number of hydrogen-bond donors (Lipinski definition) is 2. The van der Waals surface area contributed by atoms with Gasteiger partial charge in [-0.2, -0.15) is 0 Å². The van der Waals surface area contributed by atoms with Crippen molar-refractivity contribution in [3.8, 4) is 0 Å². The number of aliphatic hydroxyl groups is 1. The Labute approximate surface area is 114 Å². The first kappa shape index (κ1) is 14.0. The molecule has 18 heavy (non-hydrogen) atoms. The standard InChI is InChI=1S/C14H24N2OS/c1-10-5-8-18-14(10)13(11(2)15)16-6-3-12(9-17)4-7-16/h5,8,11-13,17H,3-4,6-7,9,15H2,1-2H3. The Morgan fingerprint density at radius 1 is 1.50 bits per heavy atom. The molecule has 0 aliphatic carbocycles. The highest BCUT2D eigenvalue weighted by Crippen LogP contribution is 2.33. The highest BCUT2D eigenvalue weighted by atomic mass is 32.1. The molecule has 2 unspecified atom stereocenters. The minimum Gasteiger partial charge on any atom is -0.396 e. The summed E-state index contributed by atoms with van der Waals surface area (Å²) in [6.07, 6.45) is 2.17. The number of rotatable bonds is 4. The van der Waals surface area contributed by atoms with E-state index >= 15 is 0 Å². The maximum atomic E-state index is 9.21. The zero-order valence-electron chi connectivity index (χ0n) is 11.3. The SMILES string of the molecule is Cc1ccsc1C(C(C)N)N1CCC(CO)CC1. The third-order valence-corrected chi connectivity index (χ3v) is 5.06. The Kier molecular flexibility index (Phi) is 4.78. The largest absolute Gasteiger partial charge is 0.396 e. The van der Waals surface area contributed by atoms with Gasteiger partial charge in [0.1, 0.15) is 0 Å². The van der Waals surface area contributed by atoms with Gasteiger partial charge in [-0.05, 0) is 62.7 Å². The zero-order chi connectivity index (χ0) is 13.1. The van der Waals surface area contributed by atoms with Gasteiger partial charge in [-0.25, -0.2) is 0 Å². The second-order valence-electron chi connectivity index (χ2n) is 5.43. The van der Waals surface area contributed by atoms with E-state index < -0.39 is 0 Å². The van der Waals surface area contributed by atoms with Gasteiger partial charge in [-0.15, -0.1) is 11.3 Å². The molecule has 3 nitrogen and oxygen atoms in total. The van der Waals surface area contributed by atoms with Crippen molar-refractivity contribution in [1.29, 1.82) is 0 Å². The average Bonchev–Trinajstić information content (AvgIpc) is 2.76. The van der Waals surface area contributed by atoms with Crippen molar-refractivity contribution in [2.45, 2.75) is 38.8 Å². The van der Waals surface area contributed by atoms with Crippen LogP contribution in [0, 0.1) is 12.8 Å². The van der Waals surface area contributed by atoms with E-state index in [1.54, 1.807) is 0 Å². The van der Waals surface area contributed by atoms with E-state index in [4.69, 9.17) is 5.73 Å². The number of likely N-dealkylation sites (tertiary alicyclic amines) is 1. The maximum Gasteiger partial charge on any atom is 0.0593 e. The van der Waals surface area contributed by atoms with E-state index in [1.807, 2.05) is 11.3 Å². The predicted octanol–water partition coefficient (Wildman–Crippen LogP) is 2.15. The lowest BCUT2D eigenvalue weighted by molar-refractivity contribution is 0.0926. The van der Waals surface area contributed by atoms with Gasteiger partial charge in [0.25, 0.3) is 0 Å². The third-order valence-electron chi connectivity index (χ3n) is 3.97. The lowest BCUT2D eigenvalue weighted by Gasteiger charge is -2.39. The fourth-order valence-electron chi connectivity index (χ4n) is 2.84. The number of piperidine rings is 1. The molecule has 0 spiro atoms. The number of thiophene rings is 1. The summed E-state index contributed by atoms with van der Waals surface area (Å²) in [5.74, 6) is 0.486. The quantitative estimate of drug-likeness (QED) is 0.879. The first-order chi connectivity index (χ1) is 8.63. The van der Waals surface area contributed by atoms with Gasteiger partial charge < -0.3 is 10.8 Å². The van der Waals surface area contributed by atoms with Crippen molar-refractivity contribution in [3.05, 3.63) is 21.9 Å². The van der Waals surface area contributed by atoms with E-state index in [0.717, 1.165) is 25.9 Å². The van der Waals surface area contributed by atoms with Gasteiger partial charge in [-0.1, -0.05) is 0 Å². The van der Waals surface area contributed by atoms with Gasteiger partial charge in [0.15, 0.2) is 0 Å². The maximum absolute atomic E-state index is 9.21. The van der Waals surface area contributed by atoms with Crippen LogP contribution in [0.4, 0.5) is 0 Å². The molecule has 1 saturated heterocycles. The molecule has 0 saturated carbocycles. The molecule has 0 radical (unpaired) electrons. The molecular weight excluding hydrogens is 244 g/mol. The van der Waals surface area contributed by atoms with E-state index in [9.17, 15) is 5.11 Å². The van der Waals surface area contributed by atoms with E-state index in [1.165, 1.54) is 10.4 Å². The molecule has 4 heteroatoms. The molecule has 1 aliphatic heterocycles. The average molecular weight is 268 g/mol. The van der Waals surface area contributed by atoms with E-state index in [-0.39, 0.29) is 6.04 Å². The summed E-state index contributed by atoms with van der Waals surface area (Å²) in [5, 5.41) is 11.4.